The molecule has 2 aliphatic rings. The van der Waals surface area contributed by atoms with Gasteiger partial charge < -0.3 is 4.74 Å². The summed E-state index contributed by atoms with van der Waals surface area (Å²) in [4.78, 5) is 24.4. The number of benzene rings is 1. The summed E-state index contributed by atoms with van der Waals surface area (Å²) in [5, 5.41) is 4.59. The molecule has 2 unspecified atom stereocenters. The van der Waals surface area contributed by atoms with Gasteiger partial charge in [-0.15, -0.1) is 5.10 Å². The highest BCUT2D eigenvalue weighted by Gasteiger charge is 2.36. The van der Waals surface area contributed by atoms with Gasteiger partial charge in [0.25, 0.3) is 0 Å². The number of halogens is 2. The maximum atomic E-state index is 13.8. The number of Topliss-reactive ketones (excluding diaryl/α,β-unsaturated/α-hetero) is 1. The summed E-state index contributed by atoms with van der Waals surface area (Å²) in [5.41, 5.74) is 2.37. The van der Waals surface area contributed by atoms with Crippen LogP contribution in [0.3, 0.4) is 0 Å². The van der Waals surface area contributed by atoms with Crippen LogP contribution in [0.1, 0.15) is 38.7 Å². The molecule has 9 heteroatoms. The van der Waals surface area contributed by atoms with Crippen LogP contribution in [0.15, 0.2) is 36.5 Å². The number of pyridine rings is 1. The third-order valence-electron chi connectivity index (χ3n) is 6.92. The number of ketones is 1. The van der Waals surface area contributed by atoms with Gasteiger partial charge in [-0.05, 0) is 55.0 Å². The monoisotopic (exact) mass is 511 g/mol. The summed E-state index contributed by atoms with van der Waals surface area (Å²) in [6, 6.07) is 9.45. The maximum Gasteiger partial charge on any atom is 0.200 e. The Labute approximate surface area is 215 Å². The zero-order valence-electron chi connectivity index (χ0n) is 20.7. The van der Waals surface area contributed by atoms with Gasteiger partial charge in [-0.3, -0.25) is 14.7 Å². The Morgan fingerprint density at radius 2 is 1.97 bits per heavy atom. The molecule has 0 spiro atoms. The van der Waals surface area contributed by atoms with Gasteiger partial charge in [-0.25, -0.2) is 14.1 Å². The van der Waals surface area contributed by atoms with Crippen LogP contribution in [0.25, 0.3) is 22.9 Å². The number of morpholine rings is 1. The fourth-order valence-corrected chi connectivity index (χ4v) is 5.32. The van der Waals surface area contributed by atoms with Crippen molar-refractivity contribution in [2.75, 3.05) is 19.8 Å². The summed E-state index contributed by atoms with van der Waals surface area (Å²) in [7, 11) is 0. The molecule has 2 fully saturated rings. The number of fused-ring (bicyclic) bond motifs is 2. The lowest BCUT2D eigenvalue weighted by atomic mass is 10.1. The number of nitrogens with zero attached hydrogens (tertiary/aromatic N) is 5. The number of ether oxygens (including phenoxy) is 1. The van der Waals surface area contributed by atoms with E-state index in [1.54, 1.807) is 10.7 Å². The van der Waals surface area contributed by atoms with Gasteiger partial charge in [-0.2, -0.15) is 0 Å². The summed E-state index contributed by atoms with van der Waals surface area (Å²) in [6.45, 7) is 6.75. The van der Waals surface area contributed by atoms with E-state index in [0.717, 1.165) is 31.7 Å². The molecular weight excluding hydrogens is 481 g/mol. The highest BCUT2D eigenvalue weighted by molar-refractivity contribution is 6.31. The summed E-state index contributed by atoms with van der Waals surface area (Å²) in [6.07, 6.45) is 5.67. The molecule has 2 atom stereocenters. The summed E-state index contributed by atoms with van der Waals surface area (Å²) < 4.78 is 21.0. The van der Waals surface area contributed by atoms with Crippen LogP contribution < -0.4 is 0 Å². The van der Waals surface area contributed by atoms with Gasteiger partial charge in [0.1, 0.15) is 18.1 Å². The van der Waals surface area contributed by atoms with Crippen molar-refractivity contribution in [1.82, 2.24) is 24.6 Å². The van der Waals surface area contributed by atoms with Gasteiger partial charge in [0, 0.05) is 36.8 Å². The third kappa shape index (κ3) is 5.51. The van der Waals surface area contributed by atoms with Crippen LogP contribution in [0.5, 0.6) is 0 Å². The first-order valence-electron chi connectivity index (χ1n) is 12.6. The number of hydrogen-bond acceptors (Lipinski definition) is 6. The van der Waals surface area contributed by atoms with Crippen molar-refractivity contribution in [3.05, 3.63) is 52.9 Å². The average molecular weight is 512 g/mol. The molecule has 1 aromatic carbocycles. The normalized spacial score (nSPS) is 19.8. The van der Waals surface area contributed by atoms with Crippen molar-refractivity contribution in [2.45, 2.75) is 58.2 Å². The molecule has 4 heterocycles. The standard InChI is InChI=1S/C27H31ClFN5O2/c1-17(2)11-22(35)14-34-27(19-4-7-24(29)23(28)12-19)31-26(32-34)25-8-3-18(13-30-25)9-10-33-20-5-6-21(33)16-36-15-20/h3-4,7-8,12-13,17,20-21H,5-6,9-11,14-16H2,1-2H3. The van der Waals surface area contributed by atoms with Crippen molar-refractivity contribution >= 4 is 17.4 Å². The Balaban J connectivity index is 1.35. The molecule has 0 amide bonds. The van der Waals surface area contributed by atoms with Crippen LogP contribution in [-0.4, -0.2) is 62.3 Å². The van der Waals surface area contributed by atoms with Crippen molar-refractivity contribution in [3.63, 3.8) is 0 Å². The largest absolute Gasteiger partial charge is 0.378 e. The number of carbonyl (C=O) groups is 1. The minimum atomic E-state index is -0.509. The van der Waals surface area contributed by atoms with Crippen molar-refractivity contribution in [3.8, 4) is 22.9 Å². The van der Waals surface area contributed by atoms with Crippen LogP contribution in [0.2, 0.25) is 5.02 Å². The highest BCUT2D eigenvalue weighted by atomic mass is 35.5. The molecule has 36 heavy (non-hydrogen) atoms. The molecule has 7 nitrogen and oxygen atoms in total. The van der Waals surface area contributed by atoms with Crippen molar-refractivity contribution in [2.24, 2.45) is 5.92 Å². The molecule has 3 aromatic rings. The topological polar surface area (TPSA) is 73.1 Å². The summed E-state index contributed by atoms with van der Waals surface area (Å²) >= 11 is 6.02. The molecular formula is C27H31ClFN5O2. The quantitative estimate of drug-likeness (QED) is 0.410. The van der Waals surface area contributed by atoms with Crippen LogP contribution in [0.4, 0.5) is 4.39 Å². The maximum absolute atomic E-state index is 13.8. The molecule has 0 aliphatic carbocycles. The first-order valence-corrected chi connectivity index (χ1v) is 13.0. The van der Waals surface area contributed by atoms with E-state index in [-0.39, 0.29) is 23.3 Å². The van der Waals surface area contributed by atoms with Crippen LogP contribution in [0, 0.1) is 11.7 Å². The second-order valence-corrected chi connectivity index (χ2v) is 10.6. The Hall–Kier alpha value is -2.68. The zero-order valence-corrected chi connectivity index (χ0v) is 21.4. The molecule has 2 aliphatic heterocycles. The fraction of sp³-hybridized carbons (Fsp3) is 0.481. The fourth-order valence-electron chi connectivity index (χ4n) is 5.14. The van der Waals surface area contributed by atoms with Gasteiger partial charge in [0.05, 0.1) is 18.2 Å². The molecule has 0 radical (unpaired) electrons. The average Bonchev–Trinajstić information content (AvgIpc) is 3.35. The van der Waals surface area contributed by atoms with Crippen LogP contribution >= 0.6 is 11.6 Å². The second-order valence-electron chi connectivity index (χ2n) is 10.1. The highest BCUT2D eigenvalue weighted by Crippen LogP contribution is 2.29. The van der Waals surface area contributed by atoms with E-state index in [0.29, 0.717) is 41.4 Å². The van der Waals surface area contributed by atoms with E-state index in [4.69, 9.17) is 16.3 Å². The molecule has 0 saturated carbocycles. The van der Waals surface area contributed by atoms with Crippen molar-refractivity contribution in [1.29, 1.82) is 0 Å². The molecule has 190 valence electrons. The van der Waals surface area contributed by atoms with E-state index in [1.807, 2.05) is 26.1 Å². The zero-order chi connectivity index (χ0) is 25.2. The van der Waals surface area contributed by atoms with E-state index in [9.17, 15) is 9.18 Å². The predicted molar refractivity (Wildman–Crippen MR) is 136 cm³/mol. The van der Waals surface area contributed by atoms with Gasteiger partial charge >= 0.3 is 0 Å². The van der Waals surface area contributed by atoms with Gasteiger partial charge in [-0.1, -0.05) is 31.5 Å². The Morgan fingerprint density at radius 3 is 2.64 bits per heavy atom. The SMILES string of the molecule is CC(C)CC(=O)Cn1nc(-c2ccc(CCN3C4CCC3COC4)cn2)nc1-c1ccc(F)c(Cl)c1. The lowest BCUT2D eigenvalue weighted by molar-refractivity contribution is -0.120. The number of rotatable bonds is 9. The minimum absolute atomic E-state index is 0.00621. The first kappa shape index (κ1) is 25.0. The Bertz CT molecular complexity index is 1210. The van der Waals surface area contributed by atoms with Crippen LogP contribution in [-0.2, 0) is 22.5 Å². The molecule has 5 rings (SSSR count). The van der Waals surface area contributed by atoms with Gasteiger partial charge in [0.15, 0.2) is 17.4 Å². The molecule has 2 aromatic heterocycles. The number of hydrogen-bond donors (Lipinski definition) is 0. The lowest BCUT2D eigenvalue weighted by Crippen LogP contribution is -2.46. The Morgan fingerprint density at radius 1 is 1.19 bits per heavy atom. The first-order chi connectivity index (χ1) is 17.4. The second kappa shape index (κ2) is 10.7. The molecule has 2 saturated heterocycles. The van der Waals surface area contributed by atoms with Crippen molar-refractivity contribution < 1.29 is 13.9 Å². The smallest absolute Gasteiger partial charge is 0.200 e. The summed E-state index contributed by atoms with van der Waals surface area (Å²) in [5.74, 6) is 0.658. The molecule has 0 N–H and O–H groups in total. The predicted octanol–water partition coefficient (Wildman–Crippen LogP) is 4.82. The van der Waals surface area contributed by atoms with E-state index < -0.39 is 5.82 Å². The van der Waals surface area contributed by atoms with E-state index in [2.05, 4.69) is 26.0 Å². The number of aromatic nitrogens is 4. The Kier molecular flexibility index (Phi) is 7.46. The van der Waals surface area contributed by atoms with E-state index in [1.165, 1.54) is 25.0 Å². The molecule has 2 bridgehead atoms. The van der Waals surface area contributed by atoms with E-state index >= 15 is 0 Å². The number of carbonyl (C=O) groups excluding carboxylic acids is 1. The third-order valence-corrected chi connectivity index (χ3v) is 7.21. The lowest BCUT2D eigenvalue weighted by Gasteiger charge is -2.34. The van der Waals surface area contributed by atoms with Gasteiger partial charge in [0.2, 0.25) is 0 Å². The minimum Gasteiger partial charge on any atom is -0.378 e.